The third kappa shape index (κ3) is 4.21. The topological polar surface area (TPSA) is 90.3 Å². The van der Waals surface area contributed by atoms with Crippen LogP contribution >= 0.6 is 11.3 Å². The third-order valence-corrected chi connectivity index (χ3v) is 8.56. The van der Waals surface area contributed by atoms with Crippen LogP contribution in [0.4, 0.5) is 5.13 Å². The highest BCUT2D eigenvalue weighted by molar-refractivity contribution is 7.17. The maximum atomic E-state index is 9.21. The molecule has 1 aromatic heterocycles. The summed E-state index contributed by atoms with van der Waals surface area (Å²) in [6.45, 7) is 4.42. The van der Waals surface area contributed by atoms with Gasteiger partial charge < -0.3 is 16.0 Å². The summed E-state index contributed by atoms with van der Waals surface area (Å²) < 4.78 is 0. The van der Waals surface area contributed by atoms with Crippen molar-refractivity contribution in [1.82, 2.24) is 10.3 Å². The molecule has 5 rings (SSSR count). The largest absolute Gasteiger partial charge is 0.404 e. The molecule has 2 aliphatic heterocycles. The van der Waals surface area contributed by atoms with Crippen molar-refractivity contribution < 1.29 is 0 Å². The van der Waals surface area contributed by atoms with Gasteiger partial charge in [-0.05, 0) is 67.8 Å². The number of allylic oxidation sites excluding steroid dienone is 3. The molecule has 0 radical (unpaired) electrons. The van der Waals surface area contributed by atoms with Crippen LogP contribution in [0.5, 0.6) is 0 Å². The Bertz CT molecular complexity index is 1150. The number of nitrogens with one attached hydrogen (secondary N) is 1. The lowest BCUT2D eigenvalue weighted by molar-refractivity contribution is 0.247. The zero-order valence-corrected chi connectivity index (χ0v) is 19.9. The highest BCUT2D eigenvalue weighted by Gasteiger charge is 2.38. The number of aliphatic imine (C=N–C) groups is 1. The van der Waals surface area contributed by atoms with Crippen molar-refractivity contribution in [2.24, 2.45) is 16.1 Å². The second-order valence-electron chi connectivity index (χ2n) is 9.24. The van der Waals surface area contributed by atoms with E-state index in [-0.39, 0.29) is 0 Å². The number of nitrogens with two attached hydrogens (primary N) is 1. The summed E-state index contributed by atoms with van der Waals surface area (Å²) in [6.07, 6.45) is 9.37. The average molecular weight is 459 g/mol. The van der Waals surface area contributed by atoms with E-state index in [1.807, 2.05) is 31.3 Å². The average Bonchev–Trinajstić information content (AvgIpc) is 3.52. The Balaban J connectivity index is 1.51. The Labute approximate surface area is 199 Å². The van der Waals surface area contributed by atoms with Crippen LogP contribution in [0.25, 0.3) is 16.8 Å². The molecule has 0 bridgehead atoms. The number of piperidine rings is 1. The van der Waals surface area contributed by atoms with E-state index in [4.69, 9.17) is 10.7 Å². The molecular weight excluding hydrogens is 428 g/mol. The molecule has 7 heteroatoms. The molecule has 33 heavy (non-hydrogen) atoms. The fourth-order valence-electron chi connectivity index (χ4n) is 5.26. The van der Waals surface area contributed by atoms with Crippen molar-refractivity contribution in [2.45, 2.75) is 32.1 Å². The molecule has 0 unspecified atom stereocenters. The molecule has 3 N–H and O–H groups in total. The lowest BCUT2D eigenvalue weighted by Crippen LogP contribution is -2.41. The van der Waals surface area contributed by atoms with Crippen molar-refractivity contribution in [3.8, 4) is 17.3 Å². The second kappa shape index (κ2) is 9.12. The Morgan fingerprint density at radius 2 is 2.00 bits per heavy atom. The van der Waals surface area contributed by atoms with Gasteiger partial charge in [-0.3, -0.25) is 4.99 Å². The fraction of sp³-hybridized carbons (Fsp3) is 0.423. The predicted molar refractivity (Wildman–Crippen MR) is 136 cm³/mol. The summed E-state index contributed by atoms with van der Waals surface area (Å²) in [6, 6.07) is 9.98. The van der Waals surface area contributed by atoms with Gasteiger partial charge in [0.1, 0.15) is 0 Å². The van der Waals surface area contributed by atoms with E-state index in [1.165, 1.54) is 29.7 Å². The number of thiazole rings is 1. The SMILES string of the molecule is CN=C1CCC(c2sc(N3CCC4(CCNC4)CC3)nc2-c2ccc(C#N)cc2)=CC1=CN. The standard InChI is InChI=1S/C26H30N6S/c1-29-22-7-6-20(14-21(22)16-28)24-23(19-4-2-18(15-27)3-5-19)31-25(33-24)32-12-9-26(10-13-32)8-11-30-17-26/h2-5,14,16,30H,6-13,17,28H2,1H3. The molecule has 1 aliphatic carbocycles. The molecule has 1 spiro atoms. The number of anilines is 1. The zero-order chi connectivity index (χ0) is 22.8. The van der Waals surface area contributed by atoms with E-state index in [0.717, 1.165) is 66.7 Å². The molecule has 2 aromatic rings. The van der Waals surface area contributed by atoms with Crippen molar-refractivity contribution >= 4 is 27.8 Å². The van der Waals surface area contributed by atoms with Gasteiger partial charge >= 0.3 is 0 Å². The number of rotatable bonds is 3. The first kappa shape index (κ1) is 21.9. The minimum Gasteiger partial charge on any atom is -0.404 e. The van der Waals surface area contributed by atoms with Crippen LogP contribution < -0.4 is 16.0 Å². The van der Waals surface area contributed by atoms with Crippen LogP contribution in [0.1, 0.15) is 42.5 Å². The summed E-state index contributed by atoms with van der Waals surface area (Å²) in [4.78, 5) is 13.2. The molecule has 170 valence electrons. The quantitative estimate of drug-likeness (QED) is 0.714. The van der Waals surface area contributed by atoms with Crippen LogP contribution in [0, 0.1) is 16.7 Å². The summed E-state index contributed by atoms with van der Waals surface area (Å²) in [5.74, 6) is 0. The number of nitrogens with zero attached hydrogens (tertiary/aromatic N) is 4. The normalized spacial score (nSPS) is 22.7. The first-order chi connectivity index (χ1) is 16.1. The monoisotopic (exact) mass is 458 g/mol. The van der Waals surface area contributed by atoms with Crippen LogP contribution in [-0.4, -0.2) is 43.9 Å². The number of nitriles is 1. The third-order valence-electron chi connectivity index (χ3n) is 7.37. The molecular formula is C26H30N6S. The zero-order valence-electron chi connectivity index (χ0n) is 19.1. The molecule has 0 atom stereocenters. The highest BCUT2D eigenvalue weighted by atomic mass is 32.1. The molecule has 1 aromatic carbocycles. The smallest absolute Gasteiger partial charge is 0.186 e. The molecule has 6 nitrogen and oxygen atoms in total. The van der Waals surface area contributed by atoms with Crippen LogP contribution in [-0.2, 0) is 0 Å². The minimum atomic E-state index is 0.481. The predicted octanol–water partition coefficient (Wildman–Crippen LogP) is 4.35. The Hall–Kier alpha value is -2.95. The minimum absolute atomic E-state index is 0.481. The van der Waals surface area contributed by atoms with Crippen molar-refractivity contribution in [3.05, 3.63) is 52.6 Å². The molecule has 2 fully saturated rings. The van der Waals surface area contributed by atoms with E-state index >= 15 is 0 Å². The van der Waals surface area contributed by atoms with E-state index in [0.29, 0.717) is 11.0 Å². The van der Waals surface area contributed by atoms with E-state index in [9.17, 15) is 5.26 Å². The number of aromatic nitrogens is 1. The van der Waals surface area contributed by atoms with Gasteiger partial charge in [-0.1, -0.05) is 23.5 Å². The summed E-state index contributed by atoms with van der Waals surface area (Å²) in [5, 5.41) is 13.9. The van der Waals surface area contributed by atoms with E-state index in [1.54, 1.807) is 17.5 Å². The molecule has 3 heterocycles. The van der Waals surface area contributed by atoms with Crippen LogP contribution in [0.3, 0.4) is 0 Å². The lowest BCUT2D eigenvalue weighted by atomic mass is 9.78. The first-order valence-electron chi connectivity index (χ1n) is 11.7. The van der Waals surface area contributed by atoms with Gasteiger partial charge in [0.05, 0.1) is 22.2 Å². The first-order valence-corrected chi connectivity index (χ1v) is 12.5. The number of benzene rings is 1. The summed E-state index contributed by atoms with van der Waals surface area (Å²) in [7, 11) is 1.83. The maximum absolute atomic E-state index is 9.21. The summed E-state index contributed by atoms with van der Waals surface area (Å²) in [5.41, 5.74) is 12.4. The van der Waals surface area contributed by atoms with E-state index in [2.05, 4.69) is 27.4 Å². The Morgan fingerprint density at radius 3 is 2.64 bits per heavy atom. The number of hydrogen-bond acceptors (Lipinski definition) is 7. The van der Waals surface area contributed by atoms with Gasteiger partial charge in [-0.15, -0.1) is 0 Å². The van der Waals surface area contributed by atoms with Crippen molar-refractivity contribution in [3.63, 3.8) is 0 Å². The molecule has 0 saturated carbocycles. The molecule has 2 saturated heterocycles. The van der Waals surface area contributed by atoms with E-state index < -0.39 is 0 Å². The highest BCUT2D eigenvalue weighted by Crippen LogP contribution is 2.44. The van der Waals surface area contributed by atoms with Gasteiger partial charge in [0.15, 0.2) is 5.13 Å². The van der Waals surface area contributed by atoms with Crippen molar-refractivity contribution in [1.29, 1.82) is 5.26 Å². The maximum Gasteiger partial charge on any atom is 0.186 e. The Morgan fingerprint density at radius 1 is 1.21 bits per heavy atom. The van der Waals surface area contributed by atoms with Gasteiger partial charge in [-0.25, -0.2) is 4.98 Å². The lowest BCUT2D eigenvalue weighted by Gasteiger charge is -2.38. The molecule has 0 amide bonds. The van der Waals surface area contributed by atoms with Gasteiger partial charge in [0, 0.05) is 49.7 Å². The van der Waals surface area contributed by atoms with Gasteiger partial charge in [-0.2, -0.15) is 5.26 Å². The summed E-state index contributed by atoms with van der Waals surface area (Å²) >= 11 is 1.79. The van der Waals surface area contributed by atoms with Crippen molar-refractivity contribution in [2.75, 3.05) is 38.1 Å². The Kier molecular flexibility index (Phi) is 6.05. The van der Waals surface area contributed by atoms with Gasteiger partial charge in [0.25, 0.3) is 0 Å². The fourth-order valence-corrected chi connectivity index (χ4v) is 6.44. The molecule has 3 aliphatic rings. The second-order valence-corrected chi connectivity index (χ2v) is 10.2. The van der Waals surface area contributed by atoms with Gasteiger partial charge in [0.2, 0.25) is 0 Å². The number of hydrogen-bond donors (Lipinski definition) is 2. The van der Waals surface area contributed by atoms with Crippen LogP contribution in [0.15, 0.2) is 47.1 Å². The van der Waals surface area contributed by atoms with Crippen LogP contribution in [0.2, 0.25) is 0 Å².